The van der Waals surface area contributed by atoms with Crippen molar-refractivity contribution in [2.75, 3.05) is 22.5 Å². The van der Waals surface area contributed by atoms with E-state index in [1.165, 1.54) is 18.4 Å². The average molecular weight is 536 g/mol. The Morgan fingerprint density at radius 1 is 1.02 bits per heavy atom. The molecule has 1 aromatic carbocycles. The van der Waals surface area contributed by atoms with Gasteiger partial charge in [-0.3, -0.25) is 0 Å². The quantitative estimate of drug-likeness (QED) is 0.169. The van der Waals surface area contributed by atoms with Crippen LogP contribution >= 0.6 is 0 Å². The predicted octanol–water partition coefficient (Wildman–Crippen LogP) is 6.13. The van der Waals surface area contributed by atoms with Gasteiger partial charge in [0.2, 0.25) is 0 Å². The number of pyridine rings is 3. The van der Waals surface area contributed by atoms with Crippen molar-refractivity contribution in [3.8, 4) is 0 Å². The summed E-state index contributed by atoms with van der Waals surface area (Å²) in [6.07, 6.45) is 10.1. The smallest absolute Gasteiger partial charge is 0.356 e. The number of aromatic carboxylic acids is 1. The van der Waals surface area contributed by atoms with Crippen LogP contribution in [0.25, 0.3) is 16.4 Å². The van der Waals surface area contributed by atoms with E-state index in [-0.39, 0.29) is 5.69 Å². The van der Waals surface area contributed by atoms with Gasteiger partial charge in [-0.2, -0.15) is 0 Å². The molecule has 1 aliphatic rings. The molecule has 1 fully saturated rings. The summed E-state index contributed by atoms with van der Waals surface area (Å²) in [6, 6.07) is 10.2. The van der Waals surface area contributed by atoms with Crippen molar-refractivity contribution in [2.24, 2.45) is 0 Å². The van der Waals surface area contributed by atoms with Gasteiger partial charge in [0.05, 0.1) is 29.8 Å². The lowest BCUT2D eigenvalue weighted by Crippen LogP contribution is -2.11. The summed E-state index contributed by atoms with van der Waals surface area (Å²) in [4.78, 5) is 25.4. The van der Waals surface area contributed by atoms with Gasteiger partial charge in [0.15, 0.2) is 5.69 Å². The molecule has 0 bridgehead atoms. The van der Waals surface area contributed by atoms with Crippen molar-refractivity contribution in [1.29, 1.82) is 0 Å². The summed E-state index contributed by atoms with van der Waals surface area (Å²) in [5, 5.41) is 22.0. The number of carbonyl (C=O) groups is 1. The predicted molar refractivity (Wildman–Crippen MR) is 158 cm³/mol. The maximum absolute atomic E-state index is 12.0. The number of imidazole rings is 1. The van der Waals surface area contributed by atoms with Crippen LogP contribution in [0.15, 0.2) is 55.1 Å². The van der Waals surface area contributed by atoms with Crippen LogP contribution in [-0.4, -0.2) is 37.0 Å². The second-order valence-electron chi connectivity index (χ2n) is 10.4. The number of aromatic nitrogens is 4. The first kappa shape index (κ1) is 25.6. The third-order valence-electron chi connectivity index (χ3n) is 7.62. The fourth-order valence-electron chi connectivity index (χ4n) is 5.34. The molecule has 4 heterocycles. The summed E-state index contributed by atoms with van der Waals surface area (Å²) >= 11 is 0. The summed E-state index contributed by atoms with van der Waals surface area (Å²) in [5.41, 5.74) is 7.71. The topological polar surface area (TPSA) is 116 Å². The first-order chi connectivity index (χ1) is 19.4. The molecule has 204 valence electrons. The molecule has 40 heavy (non-hydrogen) atoms. The van der Waals surface area contributed by atoms with Gasteiger partial charge in [-0.15, -0.1) is 0 Å². The van der Waals surface area contributed by atoms with E-state index in [1.54, 1.807) is 12.3 Å². The van der Waals surface area contributed by atoms with E-state index in [2.05, 4.69) is 75.5 Å². The molecule has 0 aliphatic heterocycles. The lowest BCUT2D eigenvalue weighted by atomic mass is 9.96. The molecule has 4 aromatic heterocycles. The number of fused-ring (bicyclic) bond motifs is 2. The maximum Gasteiger partial charge on any atom is 0.356 e. The Balaban J connectivity index is 1.22. The zero-order chi connectivity index (χ0) is 27.8. The van der Waals surface area contributed by atoms with Crippen LogP contribution in [-0.2, 0) is 13.1 Å². The van der Waals surface area contributed by atoms with Crippen LogP contribution < -0.4 is 16.0 Å². The van der Waals surface area contributed by atoms with E-state index in [9.17, 15) is 9.90 Å². The third kappa shape index (κ3) is 5.02. The first-order valence-corrected chi connectivity index (χ1v) is 13.7. The minimum Gasteiger partial charge on any atom is -0.476 e. The van der Waals surface area contributed by atoms with Gasteiger partial charge >= 0.3 is 5.97 Å². The highest BCUT2D eigenvalue weighted by atomic mass is 16.4. The van der Waals surface area contributed by atoms with Crippen molar-refractivity contribution in [1.82, 2.24) is 19.4 Å². The lowest BCUT2D eigenvalue weighted by molar-refractivity contribution is 0.0691. The number of hydrogen-bond acceptors (Lipinski definition) is 7. The molecule has 9 nitrogen and oxygen atoms in total. The number of rotatable bonds is 10. The first-order valence-electron chi connectivity index (χ1n) is 13.7. The summed E-state index contributed by atoms with van der Waals surface area (Å²) in [5.74, 6) is 0.484. The standard InChI is InChI=1S/C31H33N7O2/c1-4-32-30-25-11-18(2)26(19(3)24(25)9-10-33-30)15-35-27-12-22(13-36-29(27)31(39)40)34-14-23-17-38-16-21(20-5-6-20)7-8-28(38)37-23/h7-13,16-17,20,34-35H,4-6,14-15H2,1-3H3,(H,32,33)(H,39,40). The highest BCUT2D eigenvalue weighted by molar-refractivity contribution is 5.96. The van der Waals surface area contributed by atoms with Gasteiger partial charge in [-0.1, -0.05) is 6.07 Å². The molecular formula is C31H33N7O2. The number of aryl methyl sites for hydroxylation is 2. The van der Waals surface area contributed by atoms with Gasteiger partial charge in [-0.25, -0.2) is 19.7 Å². The second kappa shape index (κ2) is 10.5. The van der Waals surface area contributed by atoms with E-state index >= 15 is 0 Å². The monoisotopic (exact) mass is 535 g/mol. The normalized spacial score (nSPS) is 13.1. The number of benzene rings is 1. The summed E-state index contributed by atoms with van der Waals surface area (Å²) in [7, 11) is 0. The Labute approximate surface area is 232 Å². The molecule has 9 heteroatoms. The number of carboxylic acid groups (broad SMARTS) is 1. The SMILES string of the molecule is CCNc1nccc2c(C)c(CNc3cc(NCc4cn5cc(C6CC6)ccc5n4)cnc3C(=O)O)c(C)cc12. The average Bonchev–Trinajstić information content (AvgIpc) is 3.71. The molecule has 4 N–H and O–H groups in total. The van der Waals surface area contributed by atoms with Crippen molar-refractivity contribution in [3.63, 3.8) is 0 Å². The zero-order valence-electron chi connectivity index (χ0n) is 23.0. The molecule has 0 saturated heterocycles. The molecule has 0 spiro atoms. The largest absolute Gasteiger partial charge is 0.476 e. The van der Waals surface area contributed by atoms with Gasteiger partial charge in [0, 0.05) is 37.1 Å². The number of carboxylic acids is 1. The lowest BCUT2D eigenvalue weighted by Gasteiger charge is -2.17. The second-order valence-corrected chi connectivity index (χ2v) is 10.4. The Morgan fingerprint density at radius 3 is 2.65 bits per heavy atom. The van der Waals surface area contributed by atoms with E-state index in [1.807, 2.05) is 18.5 Å². The molecule has 0 unspecified atom stereocenters. The summed E-state index contributed by atoms with van der Waals surface area (Å²) in [6.45, 7) is 7.98. The van der Waals surface area contributed by atoms with E-state index in [0.717, 1.165) is 56.9 Å². The molecule has 6 rings (SSSR count). The number of nitrogens with zero attached hydrogens (tertiary/aromatic N) is 4. The molecule has 0 amide bonds. The van der Waals surface area contributed by atoms with Crippen molar-refractivity contribution in [3.05, 3.63) is 88.8 Å². The van der Waals surface area contributed by atoms with Gasteiger partial charge < -0.3 is 25.5 Å². The summed E-state index contributed by atoms with van der Waals surface area (Å²) < 4.78 is 2.08. The molecule has 0 radical (unpaired) electrons. The Kier molecular flexibility index (Phi) is 6.71. The van der Waals surface area contributed by atoms with E-state index in [0.29, 0.717) is 24.7 Å². The third-order valence-corrected chi connectivity index (χ3v) is 7.62. The van der Waals surface area contributed by atoms with Crippen LogP contribution in [0.2, 0.25) is 0 Å². The van der Waals surface area contributed by atoms with Crippen molar-refractivity contribution in [2.45, 2.75) is 52.6 Å². The van der Waals surface area contributed by atoms with Crippen LogP contribution in [0.3, 0.4) is 0 Å². The molecule has 0 atom stereocenters. The maximum atomic E-state index is 12.0. The van der Waals surface area contributed by atoms with Gasteiger partial charge in [0.25, 0.3) is 0 Å². The fourth-order valence-corrected chi connectivity index (χ4v) is 5.34. The minimum absolute atomic E-state index is 0.0133. The van der Waals surface area contributed by atoms with Crippen LogP contribution in [0.1, 0.15) is 64.1 Å². The van der Waals surface area contributed by atoms with E-state index < -0.39 is 5.97 Å². The van der Waals surface area contributed by atoms with Gasteiger partial charge in [0.1, 0.15) is 11.5 Å². The Hall–Kier alpha value is -4.66. The van der Waals surface area contributed by atoms with Crippen LogP contribution in [0, 0.1) is 13.8 Å². The Bertz CT molecular complexity index is 1740. The fraction of sp³-hybridized carbons (Fsp3) is 0.290. The van der Waals surface area contributed by atoms with Crippen LogP contribution in [0.4, 0.5) is 17.2 Å². The van der Waals surface area contributed by atoms with Gasteiger partial charge in [-0.05, 0) is 91.4 Å². The van der Waals surface area contributed by atoms with Crippen molar-refractivity contribution >= 4 is 39.6 Å². The molecular weight excluding hydrogens is 502 g/mol. The highest BCUT2D eigenvalue weighted by Gasteiger charge is 2.23. The van der Waals surface area contributed by atoms with E-state index in [4.69, 9.17) is 4.98 Å². The van der Waals surface area contributed by atoms with Crippen molar-refractivity contribution < 1.29 is 9.90 Å². The van der Waals surface area contributed by atoms with Crippen LogP contribution in [0.5, 0.6) is 0 Å². The number of anilines is 3. The highest BCUT2D eigenvalue weighted by Crippen LogP contribution is 2.40. The molecule has 5 aromatic rings. The zero-order valence-corrected chi connectivity index (χ0v) is 23.0. The number of hydrogen-bond donors (Lipinski definition) is 4. The molecule has 1 saturated carbocycles. The minimum atomic E-state index is -1.07. The molecule has 1 aliphatic carbocycles. The Morgan fingerprint density at radius 2 is 1.88 bits per heavy atom. The number of nitrogens with one attached hydrogen (secondary N) is 3.